The molecule has 0 aliphatic heterocycles. The van der Waals surface area contributed by atoms with E-state index in [1.54, 1.807) is 0 Å². The number of carbonyl (C=O) groups is 1. The second kappa shape index (κ2) is 8.54. The van der Waals surface area contributed by atoms with E-state index < -0.39 is 0 Å². The quantitative estimate of drug-likeness (QED) is 0.339. The monoisotopic (exact) mass is 420 g/mol. The Morgan fingerprint density at radius 3 is 2.13 bits per heavy atom. The summed E-state index contributed by atoms with van der Waals surface area (Å²) < 4.78 is 0. The van der Waals surface area contributed by atoms with Gasteiger partial charge >= 0.3 is 0 Å². The topological polar surface area (TPSA) is 42.0 Å². The molecule has 0 radical (unpaired) electrons. The van der Waals surface area contributed by atoms with Crippen molar-refractivity contribution in [2.75, 3.05) is 5.32 Å². The van der Waals surface area contributed by atoms with Crippen molar-refractivity contribution in [2.24, 2.45) is 0 Å². The summed E-state index contributed by atoms with van der Waals surface area (Å²) in [6, 6.07) is 34.6. The zero-order valence-electron chi connectivity index (χ0n) is 16.8. The molecule has 0 fully saturated rings. The Labute approximate surface area is 185 Å². The second-order valence-corrected chi connectivity index (χ2v) is 8.33. The average molecular weight is 421 g/mol. The second-order valence-electron chi connectivity index (χ2n) is 7.34. The number of rotatable bonds is 5. The molecule has 0 unspecified atom stereocenters. The van der Waals surface area contributed by atoms with Crippen molar-refractivity contribution in [3.05, 3.63) is 109 Å². The van der Waals surface area contributed by atoms with E-state index in [1.807, 2.05) is 66.7 Å². The van der Waals surface area contributed by atoms with E-state index in [4.69, 9.17) is 4.98 Å². The Kier molecular flexibility index (Phi) is 5.29. The lowest BCUT2D eigenvalue weighted by Gasteiger charge is -2.04. The summed E-state index contributed by atoms with van der Waals surface area (Å²) in [4.78, 5) is 18.6. The van der Waals surface area contributed by atoms with Crippen molar-refractivity contribution < 1.29 is 4.79 Å². The van der Waals surface area contributed by atoms with Crippen LogP contribution in [0, 0.1) is 0 Å². The fraction of sp³-hybridized carbons (Fsp3) is 0.0370. The SMILES string of the molecule is O=C(Cc1ccc2ccccc2c1)Nc1nc(-c2ccccc2)c(-c2ccccc2)s1. The van der Waals surface area contributed by atoms with Gasteiger partial charge in [0.1, 0.15) is 0 Å². The molecular weight excluding hydrogens is 400 g/mol. The predicted octanol–water partition coefficient (Wildman–Crippen LogP) is 6.81. The first-order valence-corrected chi connectivity index (χ1v) is 11.0. The molecule has 0 saturated heterocycles. The highest BCUT2D eigenvalue weighted by Crippen LogP contribution is 2.38. The van der Waals surface area contributed by atoms with E-state index in [0.29, 0.717) is 11.6 Å². The summed E-state index contributed by atoms with van der Waals surface area (Å²) in [5.41, 5.74) is 4.00. The summed E-state index contributed by atoms with van der Waals surface area (Å²) in [5, 5.41) is 5.93. The first-order chi connectivity index (χ1) is 15.3. The lowest BCUT2D eigenvalue weighted by atomic mass is 10.1. The molecule has 0 bridgehead atoms. The van der Waals surface area contributed by atoms with Crippen molar-refractivity contribution in [3.8, 4) is 21.7 Å². The van der Waals surface area contributed by atoms with Crippen LogP contribution < -0.4 is 5.32 Å². The number of fused-ring (bicyclic) bond motifs is 1. The van der Waals surface area contributed by atoms with Gasteiger partial charge in [-0.1, -0.05) is 114 Å². The zero-order valence-corrected chi connectivity index (χ0v) is 17.6. The van der Waals surface area contributed by atoms with Gasteiger partial charge in [0.2, 0.25) is 5.91 Å². The van der Waals surface area contributed by atoms with Crippen LogP contribution in [0.15, 0.2) is 103 Å². The number of benzene rings is 4. The molecule has 4 heteroatoms. The molecule has 0 spiro atoms. The molecule has 1 aromatic heterocycles. The van der Waals surface area contributed by atoms with E-state index >= 15 is 0 Å². The Balaban J connectivity index is 1.42. The number of hydrogen-bond donors (Lipinski definition) is 1. The van der Waals surface area contributed by atoms with Crippen molar-refractivity contribution in [1.82, 2.24) is 4.98 Å². The molecular formula is C27H20N2OS. The largest absolute Gasteiger partial charge is 0.302 e. The van der Waals surface area contributed by atoms with Crippen molar-refractivity contribution >= 4 is 33.1 Å². The fourth-order valence-corrected chi connectivity index (χ4v) is 4.66. The molecule has 31 heavy (non-hydrogen) atoms. The van der Waals surface area contributed by atoms with Crippen LogP contribution in [-0.4, -0.2) is 10.9 Å². The third kappa shape index (κ3) is 4.25. The molecule has 4 aromatic carbocycles. The van der Waals surface area contributed by atoms with Gasteiger partial charge in [-0.25, -0.2) is 4.98 Å². The van der Waals surface area contributed by atoms with E-state index in [1.165, 1.54) is 16.7 Å². The third-order valence-electron chi connectivity index (χ3n) is 5.14. The van der Waals surface area contributed by atoms with Gasteiger partial charge in [-0.2, -0.15) is 0 Å². The van der Waals surface area contributed by atoms with Crippen LogP contribution in [-0.2, 0) is 11.2 Å². The smallest absolute Gasteiger partial charge is 0.230 e. The van der Waals surface area contributed by atoms with Gasteiger partial charge in [0.25, 0.3) is 0 Å². The van der Waals surface area contributed by atoms with Crippen LogP contribution in [0.5, 0.6) is 0 Å². The molecule has 1 heterocycles. The Bertz CT molecular complexity index is 1290. The maximum atomic E-state index is 12.8. The first-order valence-electron chi connectivity index (χ1n) is 10.2. The molecule has 5 rings (SSSR count). The third-order valence-corrected chi connectivity index (χ3v) is 6.16. The molecule has 0 aliphatic carbocycles. The fourth-order valence-electron chi connectivity index (χ4n) is 3.65. The lowest BCUT2D eigenvalue weighted by Crippen LogP contribution is -2.14. The van der Waals surface area contributed by atoms with Crippen LogP contribution in [0.4, 0.5) is 5.13 Å². The first kappa shape index (κ1) is 19.2. The minimum atomic E-state index is -0.0664. The normalized spacial score (nSPS) is 10.8. The molecule has 5 aromatic rings. The van der Waals surface area contributed by atoms with Gasteiger partial charge in [0.15, 0.2) is 5.13 Å². The highest BCUT2D eigenvalue weighted by molar-refractivity contribution is 7.19. The van der Waals surface area contributed by atoms with Gasteiger partial charge in [0.05, 0.1) is 17.0 Å². The van der Waals surface area contributed by atoms with Gasteiger partial charge in [0, 0.05) is 5.56 Å². The maximum Gasteiger partial charge on any atom is 0.230 e. The number of thiazole rings is 1. The number of nitrogens with zero attached hydrogens (tertiary/aromatic N) is 1. The predicted molar refractivity (Wildman–Crippen MR) is 129 cm³/mol. The highest BCUT2D eigenvalue weighted by atomic mass is 32.1. The molecule has 150 valence electrons. The standard InChI is InChI=1S/C27H20N2OS/c30-24(18-19-15-16-20-9-7-8-14-23(20)17-19)28-27-29-25(21-10-3-1-4-11-21)26(31-27)22-12-5-2-6-13-22/h1-17H,18H2,(H,28,29,30). The van der Waals surface area contributed by atoms with Gasteiger partial charge in [-0.3, -0.25) is 4.79 Å². The summed E-state index contributed by atoms with van der Waals surface area (Å²) in [6.45, 7) is 0. The maximum absolute atomic E-state index is 12.8. The van der Waals surface area contributed by atoms with Gasteiger partial charge < -0.3 is 5.32 Å². The summed E-state index contributed by atoms with van der Waals surface area (Å²) in [5.74, 6) is -0.0664. The number of aromatic nitrogens is 1. The molecule has 3 nitrogen and oxygen atoms in total. The van der Waals surface area contributed by atoms with Gasteiger partial charge in [-0.05, 0) is 21.9 Å². The Morgan fingerprint density at radius 2 is 1.39 bits per heavy atom. The number of carbonyl (C=O) groups excluding carboxylic acids is 1. The van der Waals surface area contributed by atoms with E-state index in [-0.39, 0.29) is 5.91 Å². The molecule has 1 N–H and O–H groups in total. The number of amides is 1. The number of nitrogens with one attached hydrogen (secondary N) is 1. The van der Waals surface area contributed by atoms with E-state index in [0.717, 1.165) is 32.6 Å². The van der Waals surface area contributed by atoms with Crippen LogP contribution >= 0.6 is 11.3 Å². The molecule has 0 aliphatic rings. The average Bonchev–Trinajstić information content (AvgIpc) is 3.24. The Morgan fingerprint density at radius 1 is 0.742 bits per heavy atom. The van der Waals surface area contributed by atoms with E-state index in [9.17, 15) is 4.79 Å². The molecule has 0 saturated carbocycles. The molecule has 0 atom stereocenters. The number of hydrogen-bond acceptors (Lipinski definition) is 3. The van der Waals surface area contributed by atoms with Crippen molar-refractivity contribution in [1.29, 1.82) is 0 Å². The highest BCUT2D eigenvalue weighted by Gasteiger charge is 2.16. The number of anilines is 1. The minimum absolute atomic E-state index is 0.0664. The zero-order chi connectivity index (χ0) is 21.0. The van der Waals surface area contributed by atoms with Crippen molar-refractivity contribution in [3.63, 3.8) is 0 Å². The summed E-state index contributed by atoms with van der Waals surface area (Å²) >= 11 is 1.51. The van der Waals surface area contributed by atoms with Crippen LogP contribution in [0.2, 0.25) is 0 Å². The van der Waals surface area contributed by atoms with Gasteiger partial charge in [-0.15, -0.1) is 0 Å². The summed E-state index contributed by atoms with van der Waals surface area (Å²) in [7, 11) is 0. The van der Waals surface area contributed by atoms with Crippen LogP contribution in [0.25, 0.3) is 32.5 Å². The Hall–Kier alpha value is -3.76. The van der Waals surface area contributed by atoms with E-state index in [2.05, 4.69) is 41.7 Å². The van der Waals surface area contributed by atoms with Crippen LogP contribution in [0.3, 0.4) is 0 Å². The lowest BCUT2D eigenvalue weighted by molar-refractivity contribution is -0.115. The van der Waals surface area contributed by atoms with Crippen molar-refractivity contribution in [2.45, 2.75) is 6.42 Å². The van der Waals surface area contributed by atoms with Crippen LogP contribution in [0.1, 0.15) is 5.56 Å². The molecule has 1 amide bonds. The summed E-state index contributed by atoms with van der Waals surface area (Å²) in [6.07, 6.45) is 0.311. The minimum Gasteiger partial charge on any atom is -0.302 e.